The highest BCUT2D eigenvalue weighted by Crippen LogP contribution is 2.17. The Balaban J connectivity index is 2.17. The summed E-state index contributed by atoms with van der Waals surface area (Å²) in [6, 6.07) is 2.92. The van der Waals surface area contributed by atoms with Gasteiger partial charge >= 0.3 is 0 Å². The van der Waals surface area contributed by atoms with Crippen molar-refractivity contribution < 1.29 is 8.42 Å². The molecule has 0 saturated heterocycles. The predicted octanol–water partition coefficient (Wildman–Crippen LogP) is 1.67. The van der Waals surface area contributed by atoms with Gasteiger partial charge in [0.25, 0.3) is 0 Å². The summed E-state index contributed by atoms with van der Waals surface area (Å²) in [4.78, 5) is 7.67. The minimum absolute atomic E-state index is 0.0294. The topological polar surface area (TPSA) is 72.0 Å². The molecule has 2 rings (SSSR count). The molecule has 0 saturated carbocycles. The van der Waals surface area contributed by atoms with E-state index in [0.717, 1.165) is 0 Å². The fourth-order valence-electron chi connectivity index (χ4n) is 1.15. The van der Waals surface area contributed by atoms with Crippen molar-refractivity contribution >= 4 is 33.0 Å². The van der Waals surface area contributed by atoms with Gasteiger partial charge in [0.15, 0.2) is 0 Å². The summed E-state index contributed by atoms with van der Waals surface area (Å²) < 4.78 is 26.2. The molecule has 0 atom stereocenters. The number of rotatable bonds is 4. The van der Waals surface area contributed by atoms with Crippen LogP contribution in [0.5, 0.6) is 0 Å². The van der Waals surface area contributed by atoms with Crippen molar-refractivity contribution in [3.63, 3.8) is 0 Å². The van der Waals surface area contributed by atoms with Gasteiger partial charge in [-0.1, -0.05) is 11.6 Å². The second-order valence-corrected chi connectivity index (χ2v) is 6.12. The molecular weight excluding hydrogens is 282 g/mol. The second kappa shape index (κ2) is 5.09. The summed E-state index contributed by atoms with van der Waals surface area (Å²) in [5, 5.41) is 2.42. The molecule has 0 fully saturated rings. The summed E-state index contributed by atoms with van der Waals surface area (Å²) in [5.41, 5.74) is 0. The van der Waals surface area contributed by atoms with Crippen LogP contribution >= 0.6 is 22.9 Å². The lowest BCUT2D eigenvalue weighted by atomic mass is 10.5. The lowest BCUT2D eigenvalue weighted by Crippen LogP contribution is -2.23. The number of nitrogens with one attached hydrogen (secondary N) is 1. The Bertz CT molecular complexity index is 598. The first kappa shape index (κ1) is 12.4. The van der Waals surface area contributed by atoms with Gasteiger partial charge in [-0.25, -0.2) is 23.1 Å². The zero-order valence-corrected chi connectivity index (χ0v) is 10.9. The molecule has 0 amide bonds. The minimum Gasteiger partial charge on any atom is -0.248 e. The van der Waals surface area contributed by atoms with Gasteiger partial charge in [0, 0.05) is 17.8 Å². The van der Waals surface area contributed by atoms with Crippen molar-refractivity contribution in [3.8, 4) is 0 Å². The molecule has 17 heavy (non-hydrogen) atoms. The molecule has 0 aliphatic carbocycles. The summed E-state index contributed by atoms with van der Waals surface area (Å²) in [7, 11) is -3.64. The molecule has 2 aromatic rings. The highest BCUT2D eigenvalue weighted by atomic mass is 35.5. The third kappa shape index (κ3) is 3.01. The molecule has 0 radical (unpaired) electrons. The Morgan fingerprint density at radius 2 is 2.18 bits per heavy atom. The smallest absolute Gasteiger partial charge is 0.244 e. The van der Waals surface area contributed by atoms with E-state index in [1.54, 1.807) is 11.6 Å². The molecule has 2 aromatic heterocycles. The van der Waals surface area contributed by atoms with Gasteiger partial charge in [-0.15, -0.1) is 11.3 Å². The van der Waals surface area contributed by atoms with E-state index >= 15 is 0 Å². The minimum atomic E-state index is -3.64. The van der Waals surface area contributed by atoms with E-state index in [-0.39, 0.29) is 16.6 Å². The zero-order chi connectivity index (χ0) is 12.3. The van der Waals surface area contributed by atoms with Crippen LogP contribution in [0.15, 0.2) is 34.8 Å². The van der Waals surface area contributed by atoms with Crippen molar-refractivity contribution in [3.05, 3.63) is 40.1 Å². The maximum atomic E-state index is 11.9. The van der Waals surface area contributed by atoms with Crippen molar-refractivity contribution in [2.24, 2.45) is 0 Å². The molecule has 1 N–H and O–H groups in total. The second-order valence-electron chi connectivity index (χ2n) is 3.04. The first-order valence-corrected chi connectivity index (χ1v) is 7.32. The maximum Gasteiger partial charge on any atom is 0.244 e. The van der Waals surface area contributed by atoms with Gasteiger partial charge in [-0.3, -0.25) is 0 Å². The van der Waals surface area contributed by atoms with E-state index in [9.17, 15) is 8.42 Å². The van der Waals surface area contributed by atoms with Crippen molar-refractivity contribution in [2.75, 3.05) is 0 Å². The Morgan fingerprint density at radius 1 is 1.35 bits per heavy atom. The van der Waals surface area contributed by atoms with E-state index in [0.29, 0.717) is 5.01 Å². The van der Waals surface area contributed by atoms with Crippen molar-refractivity contribution in [1.29, 1.82) is 0 Å². The third-order valence-electron chi connectivity index (χ3n) is 1.91. The molecule has 0 aromatic carbocycles. The number of aromatic nitrogens is 2. The molecule has 0 spiro atoms. The van der Waals surface area contributed by atoms with Gasteiger partial charge in [-0.2, -0.15) is 0 Å². The normalized spacial score (nSPS) is 11.6. The van der Waals surface area contributed by atoms with E-state index in [4.69, 9.17) is 11.6 Å². The first-order chi connectivity index (χ1) is 8.09. The van der Waals surface area contributed by atoms with Crippen LogP contribution < -0.4 is 4.72 Å². The average molecular weight is 290 g/mol. The fourth-order valence-corrected chi connectivity index (χ4v) is 3.23. The molecule has 0 unspecified atom stereocenters. The average Bonchev–Trinajstić information content (AvgIpc) is 2.80. The number of pyridine rings is 1. The maximum absolute atomic E-state index is 11.9. The summed E-state index contributed by atoms with van der Waals surface area (Å²) in [6.45, 7) is 0.144. The largest absolute Gasteiger partial charge is 0.248 e. The monoisotopic (exact) mass is 289 g/mol. The number of nitrogens with zero attached hydrogens (tertiary/aromatic N) is 2. The SMILES string of the molecule is O=S(=O)(NCc1nccs1)c1cccnc1Cl. The molecule has 2 heterocycles. The summed E-state index contributed by atoms with van der Waals surface area (Å²) in [6.07, 6.45) is 3.05. The van der Waals surface area contributed by atoms with Crippen LogP contribution in [0.4, 0.5) is 0 Å². The van der Waals surface area contributed by atoms with Crippen molar-refractivity contribution in [1.82, 2.24) is 14.7 Å². The Kier molecular flexibility index (Phi) is 3.72. The molecule has 90 valence electrons. The molecule has 0 bridgehead atoms. The number of halogens is 1. The predicted molar refractivity (Wildman–Crippen MR) is 65.4 cm³/mol. The van der Waals surface area contributed by atoms with Crippen LogP contribution in [0.2, 0.25) is 5.15 Å². The van der Waals surface area contributed by atoms with Gasteiger partial charge < -0.3 is 0 Å². The van der Waals surface area contributed by atoms with Crippen molar-refractivity contribution in [2.45, 2.75) is 11.4 Å². The Labute approximate surface area is 108 Å². The molecule has 8 heteroatoms. The van der Waals surface area contributed by atoms with E-state index in [1.807, 2.05) is 0 Å². The fraction of sp³-hybridized carbons (Fsp3) is 0.111. The number of thiazole rings is 1. The quantitative estimate of drug-likeness (QED) is 0.869. The lowest BCUT2D eigenvalue weighted by molar-refractivity contribution is 0.581. The third-order valence-corrected chi connectivity index (χ3v) is 4.54. The van der Waals surface area contributed by atoms with Crippen LogP contribution in [0.1, 0.15) is 5.01 Å². The number of hydrogen-bond acceptors (Lipinski definition) is 5. The molecule has 0 aliphatic rings. The highest BCUT2D eigenvalue weighted by molar-refractivity contribution is 7.89. The molecular formula is C9H8ClN3O2S2. The molecule has 5 nitrogen and oxygen atoms in total. The number of hydrogen-bond donors (Lipinski definition) is 1. The van der Waals surface area contributed by atoms with Gasteiger partial charge in [0.05, 0.1) is 6.54 Å². The van der Waals surface area contributed by atoms with Crippen LogP contribution in [0, 0.1) is 0 Å². The van der Waals surface area contributed by atoms with Crippen LogP contribution in [-0.2, 0) is 16.6 Å². The van der Waals surface area contributed by atoms with Gasteiger partial charge in [-0.05, 0) is 12.1 Å². The Morgan fingerprint density at radius 3 is 2.82 bits per heavy atom. The van der Waals surface area contributed by atoms with E-state index in [2.05, 4.69) is 14.7 Å². The van der Waals surface area contributed by atoms with Crippen LogP contribution in [0.3, 0.4) is 0 Å². The van der Waals surface area contributed by atoms with Gasteiger partial charge in [0.2, 0.25) is 10.0 Å². The summed E-state index contributed by atoms with van der Waals surface area (Å²) >= 11 is 7.10. The lowest BCUT2D eigenvalue weighted by Gasteiger charge is -2.05. The molecule has 0 aliphatic heterocycles. The summed E-state index contributed by atoms with van der Waals surface area (Å²) in [5.74, 6) is 0. The van der Waals surface area contributed by atoms with E-state index in [1.165, 1.54) is 29.7 Å². The number of sulfonamides is 1. The zero-order valence-electron chi connectivity index (χ0n) is 8.50. The highest BCUT2D eigenvalue weighted by Gasteiger charge is 2.18. The van der Waals surface area contributed by atoms with Gasteiger partial charge in [0.1, 0.15) is 15.1 Å². The standard InChI is InChI=1S/C9H8ClN3O2S2/c10-9-7(2-1-3-12-9)17(14,15)13-6-8-11-4-5-16-8/h1-5,13H,6H2. The van der Waals surface area contributed by atoms with Crippen LogP contribution in [0.25, 0.3) is 0 Å². The van der Waals surface area contributed by atoms with Crippen LogP contribution in [-0.4, -0.2) is 18.4 Å². The first-order valence-electron chi connectivity index (χ1n) is 4.58. The van der Waals surface area contributed by atoms with E-state index < -0.39 is 10.0 Å². The Hall–Kier alpha value is -1.02.